The lowest BCUT2D eigenvalue weighted by Crippen LogP contribution is -2.61. The first kappa shape index (κ1) is 23.3. The number of amides is 2. The highest BCUT2D eigenvalue weighted by molar-refractivity contribution is 7.93. The predicted molar refractivity (Wildman–Crippen MR) is 116 cm³/mol. The van der Waals surface area contributed by atoms with Crippen LogP contribution in [0.2, 0.25) is 0 Å². The second-order valence-electron chi connectivity index (χ2n) is 9.86. The first-order valence-corrected chi connectivity index (χ1v) is 12.3. The number of hydrogen-bond donors (Lipinski definition) is 1. The fourth-order valence-corrected chi connectivity index (χ4v) is 6.73. The summed E-state index contributed by atoms with van der Waals surface area (Å²) in [5, 5.41) is 8.41. The van der Waals surface area contributed by atoms with Crippen molar-refractivity contribution in [3.8, 4) is 0 Å². The lowest BCUT2D eigenvalue weighted by Gasteiger charge is -2.41. The molecule has 1 saturated carbocycles. The summed E-state index contributed by atoms with van der Waals surface area (Å²) in [5.74, 6) is -1.87. The maximum absolute atomic E-state index is 13.3. The van der Waals surface area contributed by atoms with E-state index in [4.69, 9.17) is 9.84 Å². The van der Waals surface area contributed by atoms with Gasteiger partial charge in [0.25, 0.3) is 11.5 Å². The van der Waals surface area contributed by atoms with Gasteiger partial charge in [-0.1, -0.05) is 0 Å². The SMILES string of the molecule is CC(C)(C)OC(=O)N1CC(S(=O)(=O)C2(CN3CCn4c(ccc(C(=O)O)c4=O)C3=O)CC2)C1. The largest absolute Gasteiger partial charge is 0.477 e. The minimum atomic E-state index is -3.62. The van der Waals surface area contributed by atoms with Crippen molar-refractivity contribution in [2.75, 3.05) is 26.2 Å². The van der Waals surface area contributed by atoms with Crippen molar-refractivity contribution in [2.24, 2.45) is 0 Å². The van der Waals surface area contributed by atoms with Gasteiger partial charge in [-0.2, -0.15) is 0 Å². The zero-order valence-electron chi connectivity index (χ0n) is 18.7. The minimum absolute atomic E-state index is 0.00593. The summed E-state index contributed by atoms with van der Waals surface area (Å²) in [7, 11) is -3.62. The molecule has 2 aliphatic heterocycles. The molecule has 1 aromatic heterocycles. The highest BCUT2D eigenvalue weighted by atomic mass is 32.2. The lowest BCUT2D eigenvalue weighted by atomic mass is 10.1. The predicted octanol–water partition coefficient (Wildman–Crippen LogP) is 0.569. The van der Waals surface area contributed by atoms with Gasteiger partial charge in [-0.05, 0) is 45.7 Å². The first-order chi connectivity index (χ1) is 15.3. The highest BCUT2D eigenvalue weighted by Crippen LogP contribution is 2.47. The molecule has 11 nitrogen and oxygen atoms in total. The second kappa shape index (κ2) is 7.57. The number of hydrogen-bond acceptors (Lipinski definition) is 7. The summed E-state index contributed by atoms with van der Waals surface area (Å²) in [4.78, 5) is 51.4. The fourth-order valence-electron chi connectivity index (χ4n) is 4.27. The van der Waals surface area contributed by atoms with Crippen LogP contribution in [0.4, 0.5) is 4.79 Å². The maximum Gasteiger partial charge on any atom is 0.410 e. The molecule has 1 aromatic rings. The molecule has 33 heavy (non-hydrogen) atoms. The maximum atomic E-state index is 13.3. The molecule has 2 amide bonds. The number of nitrogens with zero attached hydrogens (tertiary/aromatic N) is 3. The van der Waals surface area contributed by atoms with Crippen LogP contribution in [-0.4, -0.2) is 87.6 Å². The van der Waals surface area contributed by atoms with Gasteiger partial charge in [0.15, 0.2) is 9.84 Å². The van der Waals surface area contributed by atoms with Crippen molar-refractivity contribution in [1.29, 1.82) is 0 Å². The molecule has 0 radical (unpaired) electrons. The topological polar surface area (TPSA) is 143 Å². The summed E-state index contributed by atoms with van der Waals surface area (Å²) >= 11 is 0. The molecule has 0 spiro atoms. The number of carboxylic acid groups (broad SMARTS) is 1. The Balaban J connectivity index is 1.45. The number of sulfone groups is 1. The van der Waals surface area contributed by atoms with Gasteiger partial charge in [-0.15, -0.1) is 0 Å². The molecule has 1 N–H and O–H groups in total. The van der Waals surface area contributed by atoms with Crippen LogP contribution >= 0.6 is 0 Å². The van der Waals surface area contributed by atoms with Gasteiger partial charge in [0.05, 0.1) is 10.00 Å². The molecule has 12 heteroatoms. The summed E-state index contributed by atoms with van der Waals surface area (Å²) in [5.41, 5.74) is -1.79. The van der Waals surface area contributed by atoms with Crippen LogP contribution in [-0.2, 0) is 21.1 Å². The molecule has 1 aliphatic carbocycles. The molecule has 0 unspecified atom stereocenters. The lowest BCUT2D eigenvalue weighted by molar-refractivity contribution is 0.0138. The van der Waals surface area contributed by atoms with Crippen LogP contribution in [0.25, 0.3) is 0 Å². The molecular formula is C21H27N3O8S. The van der Waals surface area contributed by atoms with E-state index in [0.717, 1.165) is 10.6 Å². The Labute approximate surface area is 190 Å². The molecular weight excluding hydrogens is 454 g/mol. The number of carbonyl (C=O) groups excluding carboxylic acids is 2. The van der Waals surface area contributed by atoms with Crippen molar-refractivity contribution in [1.82, 2.24) is 14.4 Å². The van der Waals surface area contributed by atoms with Crippen molar-refractivity contribution in [2.45, 2.75) is 55.8 Å². The first-order valence-electron chi connectivity index (χ1n) is 10.7. The van der Waals surface area contributed by atoms with Crippen LogP contribution in [0, 0.1) is 0 Å². The Morgan fingerprint density at radius 2 is 1.79 bits per heavy atom. The molecule has 4 rings (SSSR count). The number of carbonyl (C=O) groups is 3. The van der Waals surface area contributed by atoms with Crippen molar-refractivity contribution in [3.63, 3.8) is 0 Å². The van der Waals surface area contributed by atoms with Crippen molar-refractivity contribution < 1.29 is 32.6 Å². The zero-order chi connectivity index (χ0) is 24.3. The second-order valence-corrected chi connectivity index (χ2v) is 12.5. The van der Waals surface area contributed by atoms with E-state index in [-0.39, 0.29) is 38.4 Å². The Hall–Kier alpha value is -2.89. The van der Waals surface area contributed by atoms with Gasteiger partial charge < -0.3 is 24.2 Å². The number of pyridine rings is 1. The molecule has 3 aliphatic rings. The third kappa shape index (κ3) is 4.00. The Morgan fingerprint density at radius 1 is 1.15 bits per heavy atom. The van der Waals surface area contributed by atoms with E-state index >= 15 is 0 Å². The average molecular weight is 482 g/mol. The monoisotopic (exact) mass is 481 g/mol. The summed E-state index contributed by atoms with van der Waals surface area (Å²) in [6, 6.07) is 2.39. The van der Waals surface area contributed by atoms with Crippen molar-refractivity contribution >= 4 is 27.8 Å². The van der Waals surface area contributed by atoms with Crippen LogP contribution < -0.4 is 5.56 Å². The number of ether oxygens (including phenoxy) is 1. The molecule has 0 bridgehead atoms. The Kier molecular flexibility index (Phi) is 5.34. The van der Waals surface area contributed by atoms with Gasteiger partial charge >= 0.3 is 12.1 Å². The van der Waals surface area contributed by atoms with Crippen LogP contribution in [0.15, 0.2) is 16.9 Å². The van der Waals surface area contributed by atoms with Crippen LogP contribution in [0.5, 0.6) is 0 Å². The summed E-state index contributed by atoms with van der Waals surface area (Å²) in [6.07, 6.45) is 0.298. The molecule has 3 heterocycles. The van der Waals surface area contributed by atoms with E-state index in [1.54, 1.807) is 20.8 Å². The third-order valence-electron chi connectivity index (χ3n) is 6.33. The van der Waals surface area contributed by atoms with Gasteiger partial charge in [-0.25, -0.2) is 18.0 Å². The van der Waals surface area contributed by atoms with E-state index in [9.17, 15) is 27.6 Å². The standard InChI is InChI=1S/C21H27N3O8S/c1-20(2,3)32-19(29)23-10-13(11-23)33(30,31)21(6-7-21)12-22-8-9-24-15(17(22)26)5-4-14(16(24)25)18(27)28/h4-5,13H,6-12H2,1-3H3,(H,27,28). The van der Waals surface area contributed by atoms with E-state index in [1.807, 2.05) is 0 Å². The molecule has 0 atom stereocenters. The van der Waals surface area contributed by atoms with Gasteiger partial charge in [-0.3, -0.25) is 9.59 Å². The van der Waals surface area contributed by atoms with Crippen LogP contribution in [0.1, 0.15) is 54.5 Å². The Bertz CT molecular complexity index is 1190. The third-order valence-corrected chi connectivity index (χ3v) is 9.25. The van der Waals surface area contributed by atoms with Crippen LogP contribution in [0.3, 0.4) is 0 Å². The van der Waals surface area contributed by atoms with Gasteiger partial charge in [0.1, 0.15) is 16.9 Å². The zero-order valence-corrected chi connectivity index (χ0v) is 19.6. The number of likely N-dealkylation sites (tertiary alicyclic amines) is 1. The average Bonchev–Trinajstić information content (AvgIpc) is 3.42. The fraction of sp³-hybridized carbons (Fsp3) is 0.619. The normalized spacial score (nSPS) is 20.2. The number of fused-ring (bicyclic) bond motifs is 1. The molecule has 0 aromatic carbocycles. The molecule has 1 saturated heterocycles. The summed E-state index contributed by atoms with van der Waals surface area (Å²) < 4.78 is 32.0. The van der Waals surface area contributed by atoms with Crippen molar-refractivity contribution in [3.05, 3.63) is 33.7 Å². The highest BCUT2D eigenvalue weighted by Gasteiger charge is 2.60. The number of aromatic nitrogens is 1. The van der Waals surface area contributed by atoms with Gasteiger partial charge in [0.2, 0.25) is 0 Å². The smallest absolute Gasteiger partial charge is 0.410 e. The van der Waals surface area contributed by atoms with E-state index < -0.39 is 54.5 Å². The van der Waals surface area contributed by atoms with E-state index in [2.05, 4.69) is 0 Å². The summed E-state index contributed by atoms with van der Waals surface area (Å²) in [6.45, 7) is 5.54. The number of rotatable bonds is 5. The Morgan fingerprint density at radius 3 is 2.33 bits per heavy atom. The number of carboxylic acids is 1. The molecule has 180 valence electrons. The molecule has 2 fully saturated rings. The van der Waals surface area contributed by atoms with E-state index in [0.29, 0.717) is 12.8 Å². The quantitative estimate of drug-likeness (QED) is 0.643. The van der Waals surface area contributed by atoms with E-state index in [1.165, 1.54) is 15.9 Å². The van der Waals surface area contributed by atoms with Gasteiger partial charge in [0, 0.05) is 32.7 Å². The minimum Gasteiger partial charge on any atom is -0.477 e. The number of aromatic carboxylic acids is 1.